The number of carbonyl (C=O) groups is 4. The molecule has 2 rings (SSSR count). The maximum absolute atomic E-state index is 13.3. The molecule has 31 heavy (non-hydrogen) atoms. The molecule has 0 aliphatic rings. The Balaban J connectivity index is 2.16. The molecular weight excluding hydrogens is 429 g/mol. The summed E-state index contributed by atoms with van der Waals surface area (Å²) < 4.78 is 13.3. The summed E-state index contributed by atoms with van der Waals surface area (Å²) in [6.45, 7) is 3.33. The van der Waals surface area contributed by atoms with Gasteiger partial charge in [-0.15, -0.1) is 0 Å². The molecule has 1 aromatic carbocycles. The van der Waals surface area contributed by atoms with Gasteiger partial charge in [-0.25, -0.2) is 9.40 Å². The van der Waals surface area contributed by atoms with Crippen LogP contribution in [-0.4, -0.2) is 51.8 Å². The van der Waals surface area contributed by atoms with Crippen molar-refractivity contribution >= 4 is 46.1 Å². The quantitative estimate of drug-likeness (QED) is 0.338. The van der Waals surface area contributed by atoms with Gasteiger partial charge in [0.1, 0.15) is 11.7 Å². The smallest absolute Gasteiger partial charge is 0.291 e. The highest BCUT2D eigenvalue weighted by Crippen LogP contribution is 2.15. The van der Waals surface area contributed by atoms with Gasteiger partial charge >= 0.3 is 0 Å². The maximum atomic E-state index is 13.3. The van der Waals surface area contributed by atoms with Crippen LogP contribution in [0.5, 0.6) is 0 Å². The Bertz CT molecular complexity index is 929. The van der Waals surface area contributed by atoms with Gasteiger partial charge in [0.2, 0.25) is 5.91 Å². The summed E-state index contributed by atoms with van der Waals surface area (Å²) >= 11 is 5.19. The van der Waals surface area contributed by atoms with Gasteiger partial charge in [0.05, 0.1) is 6.54 Å². The molecule has 1 heterocycles. The van der Waals surface area contributed by atoms with E-state index in [0.717, 1.165) is 10.9 Å². The summed E-state index contributed by atoms with van der Waals surface area (Å²) in [4.78, 5) is 51.4. The number of nitrogens with one attached hydrogen (secondary N) is 3. The Morgan fingerprint density at radius 1 is 1.23 bits per heavy atom. The summed E-state index contributed by atoms with van der Waals surface area (Å²) in [7, 11) is 0. The number of hydrogen-bond donors (Lipinski definition) is 4. The largest absolute Gasteiger partial charge is 0.370 e. The Morgan fingerprint density at radius 2 is 1.90 bits per heavy atom. The van der Waals surface area contributed by atoms with E-state index in [9.17, 15) is 23.6 Å². The number of nitrogens with zero attached hydrogens (tertiary/aromatic N) is 1. The highest BCUT2D eigenvalue weighted by atomic mass is 35.5. The standard InChI is InChI=1S/C20H25ClFN5O4/c1-11(2)9-14(19(30)26-27(8-7-16(23)28)20(31)17(21)22)25-18(29)15-10-12-5-3-4-6-13(12)24-15/h3-6,10-11,14,17,24H,7-9H2,1-2H3,(H2,23,28)(H,25,29)(H,26,30)/t14-,17+/m0/s1. The van der Waals surface area contributed by atoms with Gasteiger partial charge < -0.3 is 16.0 Å². The lowest BCUT2D eigenvalue weighted by molar-refractivity contribution is -0.144. The number of primary amides is 1. The predicted octanol–water partition coefficient (Wildman–Crippen LogP) is 1.58. The Labute approximate surface area is 183 Å². The highest BCUT2D eigenvalue weighted by Gasteiger charge is 2.29. The van der Waals surface area contributed by atoms with E-state index >= 15 is 0 Å². The van der Waals surface area contributed by atoms with Crippen molar-refractivity contribution in [3.8, 4) is 0 Å². The van der Waals surface area contributed by atoms with Gasteiger partial charge in [-0.2, -0.15) is 0 Å². The van der Waals surface area contributed by atoms with Gasteiger partial charge in [0.15, 0.2) is 0 Å². The van der Waals surface area contributed by atoms with E-state index in [0.29, 0.717) is 5.01 Å². The number of aromatic nitrogens is 1. The number of alkyl halides is 2. The number of hydrazine groups is 1. The van der Waals surface area contributed by atoms with E-state index in [4.69, 9.17) is 17.3 Å². The van der Waals surface area contributed by atoms with Crippen molar-refractivity contribution < 1.29 is 23.6 Å². The number of benzene rings is 1. The molecule has 168 valence electrons. The van der Waals surface area contributed by atoms with Crippen molar-refractivity contribution in [3.05, 3.63) is 36.0 Å². The van der Waals surface area contributed by atoms with E-state index in [2.05, 4.69) is 15.7 Å². The maximum Gasteiger partial charge on any atom is 0.291 e. The van der Waals surface area contributed by atoms with Gasteiger partial charge in [0.25, 0.3) is 23.4 Å². The SMILES string of the molecule is CC(C)C[C@H](NC(=O)c1cc2ccccc2[nH]1)C(=O)NN(CCC(N)=O)C(=O)[C@@H](F)Cl. The van der Waals surface area contributed by atoms with Gasteiger partial charge in [-0.1, -0.05) is 43.6 Å². The van der Waals surface area contributed by atoms with Crippen LogP contribution in [0.15, 0.2) is 30.3 Å². The molecule has 0 bridgehead atoms. The third kappa shape index (κ3) is 6.95. The summed E-state index contributed by atoms with van der Waals surface area (Å²) in [5.41, 5.74) is 5.89. The third-order valence-electron chi connectivity index (χ3n) is 4.38. The first-order chi connectivity index (χ1) is 14.6. The number of hydrogen-bond acceptors (Lipinski definition) is 4. The number of carbonyl (C=O) groups excluding carboxylic acids is 4. The third-order valence-corrected chi connectivity index (χ3v) is 4.57. The Morgan fingerprint density at radius 3 is 2.48 bits per heavy atom. The fourth-order valence-corrected chi connectivity index (χ4v) is 3.02. The number of H-pyrrole nitrogens is 1. The second-order valence-electron chi connectivity index (χ2n) is 7.41. The summed E-state index contributed by atoms with van der Waals surface area (Å²) in [6.07, 6.45) is -0.0680. The second kappa shape index (κ2) is 10.8. The minimum Gasteiger partial charge on any atom is -0.370 e. The molecular formula is C20H25ClFN5O4. The molecule has 9 nitrogen and oxygen atoms in total. The fourth-order valence-electron chi connectivity index (χ4n) is 2.91. The Hall–Kier alpha value is -3.14. The number of amides is 4. The van der Waals surface area contributed by atoms with Crippen LogP contribution in [0.4, 0.5) is 4.39 Å². The highest BCUT2D eigenvalue weighted by molar-refractivity contribution is 6.29. The lowest BCUT2D eigenvalue weighted by atomic mass is 10.0. The van der Waals surface area contributed by atoms with E-state index in [1.165, 1.54) is 0 Å². The lowest BCUT2D eigenvalue weighted by Crippen LogP contribution is -2.56. The number of fused-ring (bicyclic) bond motifs is 1. The number of halogens is 2. The summed E-state index contributed by atoms with van der Waals surface area (Å²) in [6, 6.07) is 7.92. The first-order valence-corrected chi connectivity index (χ1v) is 10.1. The number of para-hydroxylation sites is 1. The number of rotatable bonds is 9. The average Bonchev–Trinajstić information content (AvgIpc) is 3.13. The van der Waals surface area contributed by atoms with Crippen LogP contribution < -0.4 is 16.5 Å². The molecule has 0 saturated carbocycles. The molecule has 0 aliphatic carbocycles. The van der Waals surface area contributed by atoms with E-state index < -0.39 is 35.3 Å². The zero-order valence-corrected chi connectivity index (χ0v) is 17.9. The van der Waals surface area contributed by atoms with Crippen LogP contribution in [0.2, 0.25) is 0 Å². The number of nitrogens with two attached hydrogens (primary N) is 1. The molecule has 5 N–H and O–H groups in total. The zero-order valence-electron chi connectivity index (χ0n) is 17.2. The molecule has 0 spiro atoms. The molecule has 0 fully saturated rings. The molecule has 2 atom stereocenters. The van der Waals surface area contributed by atoms with Crippen molar-refractivity contribution in [2.24, 2.45) is 11.7 Å². The van der Waals surface area contributed by atoms with Crippen LogP contribution in [0.3, 0.4) is 0 Å². The van der Waals surface area contributed by atoms with E-state index in [1.807, 2.05) is 38.1 Å². The normalized spacial score (nSPS) is 12.9. The molecule has 0 saturated heterocycles. The van der Waals surface area contributed by atoms with Crippen LogP contribution in [0, 0.1) is 5.92 Å². The summed E-state index contributed by atoms with van der Waals surface area (Å²) in [5, 5.41) is 4.05. The second-order valence-corrected chi connectivity index (χ2v) is 7.79. The van der Waals surface area contributed by atoms with Crippen molar-refractivity contribution in [2.75, 3.05) is 6.54 Å². The van der Waals surface area contributed by atoms with E-state index in [-0.39, 0.29) is 31.0 Å². The van der Waals surface area contributed by atoms with Crippen LogP contribution in [0.1, 0.15) is 37.2 Å². The molecule has 11 heteroatoms. The van der Waals surface area contributed by atoms with Crippen molar-refractivity contribution in [1.29, 1.82) is 0 Å². The molecule has 2 aromatic rings. The van der Waals surface area contributed by atoms with Gasteiger partial charge in [0, 0.05) is 17.3 Å². The number of aromatic amines is 1. The first kappa shape index (κ1) is 24.1. The molecule has 0 aliphatic heterocycles. The Kier molecular flexibility index (Phi) is 8.38. The minimum absolute atomic E-state index is 0.00971. The van der Waals surface area contributed by atoms with Gasteiger partial charge in [-0.05, 0) is 24.5 Å². The van der Waals surface area contributed by atoms with Crippen LogP contribution in [-0.2, 0) is 14.4 Å². The minimum atomic E-state index is -2.42. The van der Waals surface area contributed by atoms with Crippen molar-refractivity contribution in [2.45, 2.75) is 38.4 Å². The van der Waals surface area contributed by atoms with Crippen molar-refractivity contribution in [3.63, 3.8) is 0 Å². The van der Waals surface area contributed by atoms with Gasteiger partial charge in [-0.3, -0.25) is 24.6 Å². The van der Waals surface area contributed by atoms with Crippen molar-refractivity contribution in [1.82, 2.24) is 20.7 Å². The molecule has 0 radical (unpaired) electrons. The molecule has 1 aromatic heterocycles. The predicted molar refractivity (Wildman–Crippen MR) is 113 cm³/mol. The molecule has 4 amide bonds. The van der Waals surface area contributed by atoms with Crippen LogP contribution in [0.25, 0.3) is 10.9 Å². The zero-order chi connectivity index (χ0) is 23.1. The fraction of sp³-hybridized carbons (Fsp3) is 0.400. The summed E-state index contributed by atoms with van der Waals surface area (Å²) in [5.74, 6) is -3.26. The van der Waals surface area contributed by atoms with E-state index in [1.54, 1.807) is 6.07 Å². The average molecular weight is 454 g/mol. The first-order valence-electron chi connectivity index (χ1n) is 9.65. The lowest BCUT2D eigenvalue weighted by Gasteiger charge is -2.27. The van der Waals surface area contributed by atoms with Crippen LogP contribution >= 0.6 is 11.6 Å². The monoisotopic (exact) mass is 453 g/mol. The molecule has 0 unspecified atom stereocenters. The topological polar surface area (TPSA) is 137 Å².